The molecule has 7 nitrogen and oxygen atoms in total. The van der Waals surface area contributed by atoms with E-state index in [1.807, 2.05) is 24.3 Å². The molecule has 4 atom stereocenters. The Morgan fingerprint density at radius 1 is 1.00 bits per heavy atom. The molecular weight excluding hydrogens is 562 g/mol. The number of carbonyl (C=O) groups excluding carboxylic acids is 4. The number of para-hydroxylation sites is 1. The maximum Gasteiger partial charge on any atom is 0.238 e. The van der Waals surface area contributed by atoms with Crippen LogP contribution in [-0.4, -0.2) is 41.7 Å². The topological polar surface area (TPSA) is 101 Å². The van der Waals surface area contributed by atoms with Gasteiger partial charge in [0.2, 0.25) is 11.8 Å². The predicted octanol–water partition coefficient (Wildman–Crippen LogP) is 4.45. The standard InChI is InChI=1S/C31H26BrNO6/c1-16-14-24(35)28-23(29(16)36)15-22-19(26(28)20-4-2-3-5-25(20)39-13-12-34)10-11-21-27(22)31(38)33(30(21)37)18-8-6-17(32)7-9-18/h2-10,14,21-22,26-27,34H,11-13,15H2,1H3. The van der Waals surface area contributed by atoms with Crippen LogP contribution in [0, 0.1) is 17.8 Å². The number of nitrogens with zero attached hydrogens (tertiary/aromatic N) is 1. The second kappa shape index (κ2) is 9.84. The van der Waals surface area contributed by atoms with Crippen LogP contribution in [0.1, 0.15) is 31.2 Å². The van der Waals surface area contributed by atoms with Crippen molar-refractivity contribution in [3.05, 3.63) is 93.0 Å². The number of hydrogen-bond acceptors (Lipinski definition) is 6. The Bertz CT molecular complexity index is 1520. The molecule has 0 saturated carbocycles. The molecule has 0 aromatic heterocycles. The first kappa shape index (κ1) is 25.6. The van der Waals surface area contributed by atoms with E-state index in [1.165, 1.54) is 11.0 Å². The van der Waals surface area contributed by atoms with Crippen molar-refractivity contribution in [2.45, 2.75) is 25.7 Å². The smallest absolute Gasteiger partial charge is 0.238 e. The lowest BCUT2D eigenvalue weighted by Gasteiger charge is -2.42. The van der Waals surface area contributed by atoms with Crippen LogP contribution in [-0.2, 0) is 19.2 Å². The molecule has 0 bridgehead atoms. The molecule has 4 unspecified atom stereocenters. The van der Waals surface area contributed by atoms with E-state index in [4.69, 9.17) is 4.74 Å². The largest absolute Gasteiger partial charge is 0.491 e. The molecule has 1 aliphatic heterocycles. The Labute approximate surface area is 234 Å². The molecule has 6 rings (SSSR count). The number of allylic oxidation sites excluding steroid dienone is 6. The van der Waals surface area contributed by atoms with E-state index in [0.29, 0.717) is 40.1 Å². The SMILES string of the molecule is CC1=CC(=O)C2=C(CC3C(=CCC4C(=O)N(c5ccc(Br)cc5)C(=O)C43)C2c2ccccc2OCCO)C1=O. The van der Waals surface area contributed by atoms with Gasteiger partial charge in [0.1, 0.15) is 12.4 Å². The third-order valence-electron chi connectivity index (χ3n) is 8.23. The highest BCUT2D eigenvalue weighted by atomic mass is 79.9. The molecule has 1 N–H and O–H groups in total. The van der Waals surface area contributed by atoms with Gasteiger partial charge in [-0.3, -0.25) is 24.1 Å². The molecule has 1 saturated heterocycles. The number of rotatable bonds is 5. The van der Waals surface area contributed by atoms with Crippen LogP contribution in [0.4, 0.5) is 5.69 Å². The molecule has 0 spiro atoms. The number of anilines is 1. The highest BCUT2D eigenvalue weighted by molar-refractivity contribution is 9.10. The Hall–Kier alpha value is -3.62. The van der Waals surface area contributed by atoms with E-state index in [0.717, 1.165) is 10.0 Å². The molecule has 2 aromatic rings. The summed E-state index contributed by atoms with van der Waals surface area (Å²) in [5.41, 5.74) is 3.26. The van der Waals surface area contributed by atoms with E-state index in [2.05, 4.69) is 15.9 Å². The number of imide groups is 1. The summed E-state index contributed by atoms with van der Waals surface area (Å²) in [6.45, 7) is 1.53. The van der Waals surface area contributed by atoms with Crippen molar-refractivity contribution in [2.24, 2.45) is 17.8 Å². The van der Waals surface area contributed by atoms with Crippen molar-refractivity contribution in [1.29, 1.82) is 0 Å². The first-order chi connectivity index (χ1) is 18.8. The van der Waals surface area contributed by atoms with E-state index < -0.39 is 23.7 Å². The van der Waals surface area contributed by atoms with Gasteiger partial charge in [0.15, 0.2) is 11.6 Å². The predicted molar refractivity (Wildman–Crippen MR) is 147 cm³/mol. The van der Waals surface area contributed by atoms with E-state index >= 15 is 0 Å². The van der Waals surface area contributed by atoms with Crippen molar-refractivity contribution in [1.82, 2.24) is 0 Å². The first-order valence-electron chi connectivity index (χ1n) is 13.0. The number of fused-ring (bicyclic) bond motifs is 3. The van der Waals surface area contributed by atoms with Gasteiger partial charge in [0.05, 0.1) is 24.1 Å². The molecular formula is C31H26BrNO6. The fraction of sp³-hybridized carbons (Fsp3) is 0.290. The highest BCUT2D eigenvalue weighted by Gasteiger charge is 2.56. The summed E-state index contributed by atoms with van der Waals surface area (Å²) in [6, 6.07) is 14.3. The third kappa shape index (κ3) is 4.05. The van der Waals surface area contributed by atoms with Gasteiger partial charge in [-0.05, 0) is 62.1 Å². The van der Waals surface area contributed by atoms with Gasteiger partial charge >= 0.3 is 0 Å². The molecule has 1 heterocycles. The Morgan fingerprint density at radius 2 is 1.74 bits per heavy atom. The van der Waals surface area contributed by atoms with Crippen molar-refractivity contribution in [2.75, 3.05) is 18.1 Å². The zero-order chi connectivity index (χ0) is 27.4. The van der Waals surface area contributed by atoms with E-state index in [9.17, 15) is 24.3 Å². The molecule has 2 aromatic carbocycles. The molecule has 2 amide bonds. The molecule has 198 valence electrons. The maximum atomic E-state index is 13.9. The van der Waals surface area contributed by atoms with Gasteiger partial charge in [-0.1, -0.05) is 45.8 Å². The quantitative estimate of drug-likeness (QED) is 0.315. The summed E-state index contributed by atoms with van der Waals surface area (Å²) < 4.78 is 6.69. The second-order valence-electron chi connectivity index (χ2n) is 10.3. The zero-order valence-corrected chi connectivity index (χ0v) is 22.8. The summed E-state index contributed by atoms with van der Waals surface area (Å²) in [6.07, 6.45) is 3.96. The number of benzene rings is 2. The lowest BCUT2D eigenvalue weighted by atomic mass is 9.59. The summed E-state index contributed by atoms with van der Waals surface area (Å²) >= 11 is 3.40. The summed E-state index contributed by atoms with van der Waals surface area (Å²) in [4.78, 5) is 55.7. The fourth-order valence-electron chi connectivity index (χ4n) is 6.59. The Morgan fingerprint density at radius 3 is 2.49 bits per heavy atom. The Kier molecular flexibility index (Phi) is 6.47. The van der Waals surface area contributed by atoms with Crippen LogP contribution in [0.3, 0.4) is 0 Å². The third-order valence-corrected chi connectivity index (χ3v) is 8.75. The van der Waals surface area contributed by atoms with Crippen LogP contribution in [0.25, 0.3) is 0 Å². The van der Waals surface area contributed by atoms with Gasteiger partial charge in [-0.15, -0.1) is 0 Å². The van der Waals surface area contributed by atoms with Gasteiger partial charge < -0.3 is 9.84 Å². The van der Waals surface area contributed by atoms with Gasteiger partial charge in [0.25, 0.3) is 0 Å². The second-order valence-corrected chi connectivity index (χ2v) is 11.2. The number of carbonyl (C=O) groups is 4. The summed E-state index contributed by atoms with van der Waals surface area (Å²) in [5, 5.41) is 9.37. The van der Waals surface area contributed by atoms with Crippen LogP contribution in [0.5, 0.6) is 5.75 Å². The number of Topliss-reactive ketones (excluding diaryl/α,β-unsaturated/α-hetero) is 1. The number of halogens is 1. The lowest BCUT2D eigenvalue weighted by Crippen LogP contribution is -2.40. The minimum absolute atomic E-state index is 0.0733. The van der Waals surface area contributed by atoms with E-state index in [-0.39, 0.29) is 43.0 Å². The lowest BCUT2D eigenvalue weighted by molar-refractivity contribution is -0.123. The monoisotopic (exact) mass is 587 g/mol. The average molecular weight is 588 g/mol. The fourth-order valence-corrected chi connectivity index (χ4v) is 6.85. The zero-order valence-electron chi connectivity index (χ0n) is 21.2. The summed E-state index contributed by atoms with van der Waals surface area (Å²) in [5.74, 6) is -2.64. The van der Waals surface area contributed by atoms with Crippen LogP contribution < -0.4 is 9.64 Å². The normalized spacial score (nSPS) is 26.2. The van der Waals surface area contributed by atoms with Crippen LogP contribution in [0.2, 0.25) is 0 Å². The van der Waals surface area contributed by atoms with E-state index in [1.54, 1.807) is 37.3 Å². The van der Waals surface area contributed by atoms with Crippen LogP contribution >= 0.6 is 15.9 Å². The van der Waals surface area contributed by atoms with Crippen molar-refractivity contribution >= 4 is 45.0 Å². The molecule has 4 aliphatic rings. The van der Waals surface area contributed by atoms with Crippen molar-refractivity contribution < 1.29 is 29.0 Å². The van der Waals surface area contributed by atoms with Gasteiger partial charge in [-0.2, -0.15) is 0 Å². The number of ether oxygens (including phenoxy) is 1. The average Bonchev–Trinajstić information content (AvgIpc) is 3.19. The maximum absolute atomic E-state index is 13.9. The number of aliphatic hydroxyl groups is 1. The van der Waals surface area contributed by atoms with Gasteiger partial charge in [-0.25, -0.2) is 0 Å². The number of amides is 2. The minimum atomic E-state index is -0.641. The molecule has 1 fully saturated rings. The minimum Gasteiger partial charge on any atom is -0.491 e. The van der Waals surface area contributed by atoms with Gasteiger partial charge in [0, 0.05) is 32.7 Å². The number of aliphatic hydroxyl groups excluding tert-OH is 1. The molecule has 0 radical (unpaired) electrons. The summed E-state index contributed by atoms with van der Waals surface area (Å²) in [7, 11) is 0. The Balaban J connectivity index is 1.48. The highest BCUT2D eigenvalue weighted by Crippen LogP contribution is 2.56. The number of hydrogen-bond donors (Lipinski definition) is 1. The van der Waals surface area contributed by atoms with Crippen molar-refractivity contribution in [3.8, 4) is 5.75 Å². The number of ketones is 2. The molecule has 8 heteroatoms. The van der Waals surface area contributed by atoms with Crippen molar-refractivity contribution in [3.63, 3.8) is 0 Å². The van der Waals surface area contributed by atoms with Crippen LogP contribution in [0.15, 0.2) is 87.4 Å². The molecule has 3 aliphatic carbocycles. The first-order valence-corrected chi connectivity index (χ1v) is 13.8. The molecule has 39 heavy (non-hydrogen) atoms.